The molecule has 3 N–H and O–H groups in total. The molecule has 0 fully saturated rings. The zero-order chi connectivity index (χ0) is 14.7. The van der Waals surface area contributed by atoms with Crippen LogP contribution in [0.2, 0.25) is 0 Å². The molecule has 6 nitrogen and oxygen atoms in total. The molecule has 0 amide bonds. The highest BCUT2D eigenvalue weighted by Gasteiger charge is 2.12. The molecular formula is C15H16N4O2. The Morgan fingerprint density at radius 3 is 2.81 bits per heavy atom. The fourth-order valence-electron chi connectivity index (χ4n) is 2.33. The van der Waals surface area contributed by atoms with Crippen molar-refractivity contribution in [1.29, 1.82) is 0 Å². The van der Waals surface area contributed by atoms with Crippen LogP contribution < -0.4 is 5.32 Å². The number of nitrogens with zero attached hydrogens (tertiary/aromatic N) is 3. The summed E-state index contributed by atoms with van der Waals surface area (Å²) in [4.78, 5) is 8.64. The average Bonchev–Trinajstić information content (AvgIpc) is 2.97. The molecule has 0 aliphatic heterocycles. The van der Waals surface area contributed by atoms with E-state index in [1.807, 2.05) is 34.9 Å². The predicted molar refractivity (Wildman–Crippen MR) is 79.9 cm³/mol. The second-order valence-corrected chi connectivity index (χ2v) is 4.58. The van der Waals surface area contributed by atoms with Crippen molar-refractivity contribution in [2.45, 2.75) is 6.61 Å². The number of fused-ring (bicyclic) bond motifs is 1. The summed E-state index contributed by atoms with van der Waals surface area (Å²) in [6.45, 7) is 0.426. The van der Waals surface area contributed by atoms with Crippen LogP contribution in [0, 0.1) is 0 Å². The van der Waals surface area contributed by atoms with Crippen molar-refractivity contribution in [2.75, 3.05) is 18.5 Å². The van der Waals surface area contributed by atoms with Crippen molar-refractivity contribution in [1.82, 2.24) is 14.4 Å². The van der Waals surface area contributed by atoms with Crippen LogP contribution in [0.25, 0.3) is 16.9 Å². The Bertz CT molecular complexity index is 754. The lowest BCUT2D eigenvalue weighted by molar-refractivity contribution is 0.282. The molecular weight excluding hydrogens is 268 g/mol. The van der Waals surface area contributed by atoms with Gasteiger partial charge in [0.2, 0.25) is 0 Å². The minimum atomic E-state index is -0.0237. The molecule has 3 aromatic rings. The van der Waals surface area contributed by atoms with Gasteiger partial charge in [-0.3, -0.25) is 4.40 Å². The van der Waals surface area contributed by atoms with Gasteiger partial charge in [-0.15, -0.1) is 0 Å². The number of imidazole rings is 1. The van der Waals surface area contributed by atoms with Crippen LogP contribution in [0.5, 0.6) is 0 Å². The van der Waals surface area contributed by atoms with Crippen molar-refractivity contribution < 1.29 is 10.2 Å². The van der Waals surface area contributed by atoms with Crippen molar-refractivity contribution in [2.24, 2.45) is 0 Å². The van der Waals surface area contributed by atoms with Crippen molar-refractivity contribution in [3.63, 3.8) is 0 Å². The third kappa shape index (κ3) is 2.46. The molecule has 0 unspecified atom stereocenters. The summed E-state index contributed by atoms with van der Waals surface area (Å²) >= 11 is 0. The number of anilines is 1. The maximum absolute atomic E-state index is 9.48. The van der Waals surface area contributed by atoms with Crippen LogP contribution in [0.15, 0.2) is 42.9 Å². The average molecular weight is 284 g/mol. The van der Waals surface area contributed by atoms with E-state index < -0.39 is 0 Å². The summed E-state index contributed by atoms with van der Waals surface area (Å²) in [5, 5.41) is 21.4. The zero-order valence-electron chi connectivity index (χ0n) is 11.4. The van der Waals surface area contributed by atoms with Crippen molar-refractivity contribution in [3.05, 3.63) is 48.4 Å². The number of benzene rings is 1. The largest absolute Gasteiger partial charge is 0.395 e. The summed E-state index contributed by atoms with van der Waals surface area (Å²) in [7, 11) is 0. The first-order valence-corrected chi connectivity index (χ1v) is 6.71. The van der Waals surface area contributed by atoms with E-state index in [1.54, 1.807) is 12.4 Å². The fraction of sp³-hybridized carbons (Fsp3) is 0.200. The lowest BCUT2D eigenvalue weighted by Gasteiger charge is -2.08. The third-order valence-corrected chi connectivity index (χ3v) is 3.30. The summed E-state index contributed by atoms with van der Waals surface area (Å²) in [6.07, 6.45) is 5.27. The second-order valence-electron chi connectivity index (χ2n) is 4.58. The van der Waals surface area contributed by atoms with E-state index in [0.717, 1.165) is 16.8 Å². The maximum atomic E-state index is 9.48. The number of hydrogen-bond donors (Lipinski definition) is 3. The fourth-order valence-corrected chi connectivity index (χ4v) is 2.33. The Balaban J connectivity index is 2.12. The van der Waals surface area contributed by atoms with E-state index in [2.05, 4.69) is 15.3 Å². The van der Waals surface area contributed by atoms with E-state index in [-0.39, 0.29) is 13.2 Å². The Labute approximate surface area is 121 Å². The lowest BCUT2D eigenvalue weighted by Crippen LogP contribution is -2.08. The Morgan fingerprint density at radius 2 is 2.00 bits per heavy atom. The van der Waals surface area contributed by atoms with Gasteiger partial charge in [-0.25, -0.2) is 9.97 Å². The van der Waals surface area contributed by atoms with Gasteiger partial charge in [-0.2, -0.15) is 0 Å². The van der Waals surface area contributed by atoms with E-state index in [0.29, 0.717) is 18.0 Å². The maximum Gasteiger partial charge on any atom is 0.180 e. The summed E-state index contributed by atoms with van der Waals surface area (Å²) in [6, 6.07) is 7.67. The molecule has 108 valence electrons. The number of hydrogen-bond acceptors (Lipinski definition) is 5. The molecule has 1 aromatic carbocycles. The molecule has 0 saturated heterocycles. The van der Waals surface area contributed by atoms with Crippen LogP contribution in [-0.2, 0) is 6.61 Å². The standard InChI is InChI=1S/C15H16N4O2/c20-8-6-17-14-15-18-9-13(19(15)7-5-16-14)12-4-2-1-3-11(12)10-21/h1-5,7,9,20-21H,6,8,10H2,(H,16,17). The molecule has 0 aliphatic rings. The molecule has 0 radical (unpaired) electrons. The third-order valence-electron chi connectivity index (χ3n) is 3.30. The van der Waals surface area contributed by atoms with Crippen LogP contribution in [0.3, 0.4) is 0 Å². The highest BCUT2D eigenvalue weighted by molar-refractivity contribution is 5.72. The SMILES string of the molecule is OCCNc1nccn2c(-c3ccccc3CO)cnc12. The van der Waals surface area contributed by atoms with Gasteiger partial charge in [0.1, 0.15) is 0 Å². The molecule has 21 heavy (non-hydrogen) atoms. The highest BCUT2D eigenvalue weighted by Crippen LogP contribution is 2.26. The molecule has 0 aliphatic carbocycles. The summed E-state index contributed by atoms with van der Waals surface area (Å²) in [5.74, 6) is 0.624. The van der Waals surface area contributed by atoms with Gasteiger partial charge in [-0.05, 0) is 5.56 Å². The quantitative estimate of drug-likeness (QED) is 0.657. The topological polar surface area (TPSA) is 82.7 Å². The minimum absolute atomic E-state index is 0.0237. The lowest BCUT2D eigenvalue weighted by atomic mass is 10.1. The van der Waals surface area contributed by atoms with E-state index in [4.69, 9.17) is 5.11 Å². The number of aliphatic hydroxyl groups is 2. The molecule has 0 spiro atoms. The number of aromatic nitrogens is 3. The van der Waals surface area contributed by atoms with Crippen LogP contribution in [-0.4, -0.2) is 37.7 Å². The van der Waals surface area contributed by atoms with E-state index in [1.165, 1.54) is 0 Å². The Morgan fingerprint density at radius 1 is 1.14 bits per heavy atom. The Hall–Kier alpha value is -2.44. The smallest absolute Gasteiger partial charge is 0.180 e. The van der Waals surface area contributed by atoms with Gasteiger partial charge >= 0.3 is 0 Å². The monoisotopic (exact) mass is 284 g/mol. The van der Waals surface area contributed by atoms with Gasteiger partial charge in [-0.1, -0.05) is 24.3 Å². The molecule has 6 heteroatoms. The summed E-state index contributed by atoms with van der Waals surface area (Å²) in [5.41, 5.74) is 3.37. The molecule has 2 aromatic heterocycles. The second kappa shape index (κ2) is 5.90. The highest BCUT2D eigenvalue weighted by atomic mass is 16.3. The molecule has 0 saturated carbocycles. The Kier molecular flexibility index (Phi) is 3.81. The zero-order valence-corrected chi connectivity index (χ0v) is 11.4. The van der Waals surface area contributed by atoms with Crippen LogP contribution in [0.1, 0.15) is 5.56 Å². The van der Waals surface area contributed by atoms with Crippen LogP contribution in [0.4, 0.5) is 5.82 Å². The van der Waals surface area contributed by atoms with Gasteiger partial charge in [0.15, 0.2) is 11.5 Å². The first-order valence-electron chi connectivity index (χ1n) is 6.71. The first-order chi connectivity index (χ1) is 10.3. The number of rotatable bonds is 5. The molecule has 2 heterocycles. The first kappa shape index (κ1) is 13.5. The van der Waals surface area contributed by atoms with Gasteiger partial charge in [0, 0.05) is 24.5 Å². The van der Waals surface area contributed by atoms with Crippen molar-refractivity contribution in [3.8, 4) is 11.3 Å². The van der Waals surface area contributed by atoms with Crippen LogP contribution >= 0.6 is 0 Å². The van der Waals surface area contributed by atoms with Gasteiger partial charge < -0.3 is 15.5 Å². The molecule has 3 rings (SSSR count). The van der Waals surface area contributed by atoms with E-state index in [9.17, 15) is 5.11 Å². The normalized spacial score (nSPS) is 11.0. The minimum Gasteiger partial charge on any atom is -0.395 e. The molecule has 0 atom stereocenters. The molecule has 0 bridgehead atoms. The number of nitrogens with one attached hydrogen (secondary N) is 1. The van der Waals surface area contributed by atoms with Crippen molar-refractivity contribution >= 4 is 11.5 Å². The predicted octanol–water partition coefficient (Wildman–Crippen LogP) is 1.29. The summed E-state index contributed by atoms with van der Waals surface area (Å²) < 4.78 is 1.92. The van der Waals surface area contributed by atoms with Gasteiger partial charge in [0.05, 0.1) is 25.1 Å². The van der Waals surface area contributed by atoms with Gasteiger partial charge in [0.25, 0.3) is 0 Å². The van der Waals surface area contributed by atoms with E-state index >= 15 is 0 Å². The number of aliphatic hydroxyl groups excluding tert-OH is 2.